The molecule has 0 aromatic carbocycles. The van der Waals surface area contributed by atoms with Crippen LogP contribution in [0.3, 0.4) is 0 Å². The molecule has 0 spiro atoms. The van der Waals surface area contributed by atoms with Gasteiger partial charge in [0.15, 0.2) is 5.96 Å². The number of nitrogens with one attached hydrogen (secondary N) is 1. The average molecular weight is 364 g/mol. The van der Waals surface area contributed by atoms with Gasteiger partial charge in [-0.25, -0.2) is 0 Å². The molecule has 1 saturated heterocycles. The smallest absolute Gasteiger partial charge is 0.193 e. The monoisotopic (exact) mass is 363 g/mol. The molecular formula is C20H33N3OS. The summed E-state index contributed by atoms with van der Waals surface area (Å²) in [5.41, 5.74) is 0.298. The zero-order valence-electron chi connectivity index (χ0n) is 15.8. The van der Waals surface area contributed by atoms with E-state index < -0.39 is 0 Å². The third-order valence-corrected chi connectivity index (χ3v) is 6.91. The second-order valence-electron chi connectivity index (χ2n) is 7.48. The Morgan fingerprint density at radius 1 is 1.40 bits per heavy atom. The van der Waals surface area contributed by atoms with Gasteiger partial charge in [-0.15, -0.1) is 11.3 Å². The molecule has 1 atom stereocenters. The summed E-state index contributed by atoms with van der Waals surface area (Å²) in [7, 11) is 1.91. The van der Waals surface area contributed by atoms with Gasteiger partial charge in [0.1, 0.15) is 0 Å². The van der Waals surface area contributed by atoms with Crippen LogP contribution in [0.2, 0.25) is 0 Å². The minimum absolute atomic E-state index is 0.298. The second-order valence-corrected chi connectivity index (χ2v) is 8.43. The normalized spacial score (nSPS) is 23.8. The lowest BCUT2D eigenvalue weighted by atomic mass is 9.73. The summed E-state index contributed by atoms with van der Waals surface area (Å²) in [5, 5.41) is 5.95. The van der Waals surface area contributed by atoms with Crippen LogP contribution in [0.1, 0.15) is 50.3 Å². The summed E-state index contributed by atoms with van der Waals surface area (Å²) in [6, 6.07) is 4.53. The lowest BCUT2D eigenvalue weighted by Gasteiger charge is -2.38. The molecule has 4 nitrogen and oxygen atoms in total. The lowest BCUT2D eigenvalue weighted by Crippen LogP contribution is -2.47. The van der Waals surface area contributed by atoms with Crippen LogP contribution in [0.4, 0.5) is 0 Å². The highest BCUT2D eigenvalue weighted by molar-refractivity contribution is 7.10. The van der Waals surface area contributed by atoms with E-state index in [0.717, 1.165) is 38.8 Å². The quantitative estimate of drug-likeness (QED) is 0.615. The first-order chi connectivity index (χ1) is 12.3. The van der Waals surface area contributed by atoms with Gasteiger partial charge >= 0.3 is 0 Å². The largest absolute Gasteiger partial charge is 0.381 e. The first-order valence-corrected chi connectivity index (χ1v) is 10.7. The molecule has 2 heterocycles. The van der Waals surface area contributed by atoms with Gasteiger partial charge in [0, 0.05) is 49.5 Å². The Morgan fingerprint density at radius 3 is 2.92 bits per heavy atom. The van der Waals surface area contributed by atoms with Crippen LogP contribution in [-0.4, -0.2) is 50.8 Å². The summed E-state index contributed by atoms with van der Waals surface area (Å²) in [6.07, 6.45) is 7.87. The van der Waals surface area contributed by atoms with Gasteiger partial charge in [-0.2, -0.15) is 0 Å². The SMILES string of the molecule is CCOCC1CCN(C(=NC)NCC2(c3cccs3)CCCCC2)C1. The molecular weight excluding hydrogens is 330 g/mol. The van der Waals surface area contributed by atoms with Gasteiger partial charge in [0.25, 0.3) is 0 Å². The number of hydrogen-bond donors (Lipinski definition) is 1. The maximum atomic E-state index is 5.61. The number of nitrogens with zero attached hydrogens (tertiary/aromatic N) is 2. The predicted octanol–water partition coefficient (Wildman–Crippen LogP) is 3.88. The molecule has 1 unspecified atom stereocenters. The van der Waals surface area contributed by atoms with Crippen LogP contribution in [-0.2, 0) is 10.2 Å². The summed E-state index contributed by atoms with van der Waals surface area (Å²) in [5.74, 6) is 1.71. The Balaban J connectivity index is 1.60. The standard InChI is InChI=1S/C20H33N3OS/c1-3-24-15-17-9-12-23(14-17)19(21-2)22-16-20(10-5-4-6-11-20)18-8-7-13-25-18/h7-8,13,17H,3-6,9-12,14-16H2,1-2H3,(H,21,22). The summed E-state index contributed by atoms with van der Waals surface area (Å²) < 4.78 is 5.61. The Kier molecular flexibility index (Phi) is 6.77. The van der Waals surface area contributed by atoms with Crippen LogP contribution in [0.15, 0.2) is 22.5 Å². The van der Waals surface area contributed by atoms with Crippen molar-refractivity contribution in [1.82, 2.24) is 10.2 Å². The second kappa shape index (κ2) is 9.04. The zero-order chi connectivity index (χ0) is 17.5. The van der Waals surface area contributed by atoms with Crippen molar-refractivity contribution in [2.75, 3.05) is 39.9 Å². The van der Waals surface area contributed by atoms with Crippen molar-refractivity contribution >= 4 is 17.3 Å². The summed E-state index contributed by atoms with van der Waals surface area (Å²) >= 11 is 1.92. The summed E-state index contributed by atoms with van der Waals surface area (Å²) in [6.45, 7) is 6.92. The van der Waals surface area contributed by atoms with E-state index in [2.05, 4.69) is 39.6 Å². The Morgan fingerprint density at radius 2 is 2.24 bits per heavy atom. The first-order valence-electron chi connectivity index (χ1n) is 9.85. The molecule has 0 amide bonds. The average Bonchev–Trinajstić information content (AvgIpc) is 3.34. The van der Waals surface area contributed by atoms with E-state index in [1.165, 1.54) is 38.5 Å². The fourth-order valence-corrected chi connectivity index (χ4v) is 5.33. The van der Waals surface area contributed by atoms with Crippen molar-refractivity contribution < 1.29 is 4.74 Å². The zero-order valence-corrected chi connectivity index (χ0v) is 16.6. The number of hydrogen-bond acceptors (Lipinski definition) is 3. The third kappa shape index (κ3) is 4.56. The van der Waals surface area contributed by atoms with Crippen molar-refractivity contribution in [3.8, 4) is 0 Å². The maximum Gasteiger partial charge on any atom is 0.193 e. The molecule has 0 radical (unpaired) electrons. The van der Waals surface area contributed by atoms with Gasteiger partial charge in [0.2, 0.25) is 0 Å². The number of thiophene rings is 1. The van der Waals surface area contributed by atoms with E-state index in [-0.39, 0.29) is 0 Å². The first kappa shape index (κ1) is 18.7. The van der Waals surface area contributed by atoms with Crippen molar-refractivity contribution in [3.63, 3.8) is 0 Å². The topological polar surface area (TPSA) is 36.9 Å². The highest BCUT2D eigenvalue weighted by atomic mass is 32.1. The van der Waals surface area contributed by atoms with Gasteiger partial charge in [-0.05, 0) is 37.6 Å². The van der Waals surface area contributed by atoms with Gasteiger partial charge in [-0.3, -0.25) is 4.99 Å². The molecule has 0 bridgehead atoms. The van der Waals surface area contributed by atoms with Crippen molar-refractivity contribution in [2.24, 2.45) is 10.9 Å². The molecule has 140 valence electrons. The van der Waals surface area contributed by atoms with E-state index in [4.69, 9.17) is 4.74 Å². The van der Waals surface area contributed by atoms with Crippen molar-refractivity contribution in [2.45, 2.75) is 50.9 Å². The molecule has 25 heavy (non-hydrogen) atoms. The third-order valence-electron chi connectivity index (χ3n) is 5.79. The predicted molar refractivity (Wildman–Crippen MR) is 107 cm³/mol. The highest BCUT2D eigenvalue weighted by Gasteiger charge is 2.35. The van der Waals surface area contributed by atoms with E-state index in [1.807, 2.05) is 18.4 Å². The Labute approximate surface area is 156 Å². The molecule has 3 rings (SSSR count). The van der Waals surface area contributed by atoms with Gasteiger partial charge < -0.3 is 15.0 Å². The van der Waals surface area contributed by atoms with Gasteiger partial charge in [-0.1, -0.05) is 25.3 Å². The van der Waals surface area contributed by atoms with Crippen molar-refractivity contribution in [1.29, 1.82) is 0 Å². The minimum atomic E-state index is 0.298. The molecule has 1 saturated carbocycles. The number of likely N-dealkylation sites (tertiary alicyclic amines) is 1. The van der Waals surface area contributed by atoms with E-state index in [0.29, 0.717) is 11.3 Å². The fraction of sp³-hybridized carbons (Fsp3) is 0.750. The van der Waals surface area contributed by atoms with Crippen LogP contribution in [0, 0.1) is 5.92 Å². The number of ether oxygens (including phenoxy) is 1. The molecule has 2 fully saturated rings. The molecule has 1 aromatic rings. The molecule has 2 aliphatic rings. The van der Waals surface area contributed by atoms with E-state index in [1.54, 1.807) is 4.88 Å². The Bertz CT molecular complexity index is 537. The van der Waals surface area contributed by atoms with Crippen LogP contribution in [0.25, 0.3) is 0 Å². The van der Waals surface area contributed by atoms with Crippen LogP contribution < -0.4 is 5.32 Å². The highest BCUT2D eigenvalue weighted by Crippen LogP contribution is 2.41. The molecule has 1 N–H and O–H groups in total. The molecule has 5 heteroatoms. The van der Waals surface area contributed by atoms with E-state index in [9.17, 15) is 0 Å². The van der Waals surface area contributed by atoms with Crippen molar-refractivity contribution in [3.05, 3.63) is 22.4 Å². The minimum Gasteiger partial charge on any atom is -0.381 e. The van der Waals surface area contributed by atoms with E-state index >= 15 is 0 Å². The van der Waals surface area contributed by atoms with Crippen LogP contribution in [0.5, 0.6) is 0 Å². The molecule has 1 aliphatic heterocycles. The van der Waals surface area contributed by atoms with Gasteiger partial charge in [0.05, 0.1) is 6.61 Å². The Hall–Kier alpha value is -1.07. The molecule has 1 aliphatic carbocycles. The number of guanidine groups is 1. The summed E-state index contributed by atoms with van der Waals surface area (Å²) in [4.78, 5) is 8.53. The van der Waals surface area contributed by atoms with Crippen LogP contribution >= 0.6 is 11.3 Å². The maximum absolute atomic E-state index is 5.61. The number of rotatable bonds is 6. The lowest BCUT2D eigenvalue weighted by molar-refractivity contribution is 0.114. The molecule has 1 aromatic heterocycles. The number of aliphatic imine (C=N–C) groups is 1. The fourth-order valence-electron chi connectivity index (χ4n) is 4.35.